The highest BCUT2D eigenvalue weighted by Crippen LogP contribution is 2.30. The molecule has 1 aliphatic heterocycles. The summed E-state index contributed by atoms with van der Waals surface area (Å²) in [4.78, 5) is 125. The van der Waals surface area contributed by atoms with Gasteiger partial charge < -0.3 is 45.2 Å². The number of aromatic nitrogens is 2. The van der Waals surface area contributed by atoms with E-state index in [1.54, 1.807) is 61.9 Å². The summed E-state index contributed by atoms with van der Waals surface area (Å²) in [5, 5.41) is 18.3. The van der Waals surface area contributed by atoms with Crippen LogP contribution in [0.5, 0.6) is 0 Å². The summed E-state index contributed by atoms with van der Waals surface area (Å²) < 4.78 is 14.3. The first kappa shape index (κ1) is 62.4. The summed E-state index contributed by atoms with van der Waals surface area (Å²) in [5.41, 5.74) is -0.174. The number of aliphatic carboxylic acids is 1. The number of hydrogen-bond acceptors (Lipinski definition) is 11. The van der Waals surface area contributed by atoms with Crippen molar-refractivity contribution in [2.24, 2.45) is 30.7 Å². The quantitative estimate of drug-likeness (QED) is 0.0892. The lowest BCUT2D eigenvalue weighted by molar-refractivity contribution is -0.149. The van der Waals surface area contributed by atoms with E-state index in [0.29, 0.717) is 25.8 Å². The standard InChI is InChI=1S/C51H78Br2N8O12/c1-13-31(6)44(36(72-11)28-39(64)60-25-18-21-35(60)45(73-12)32(7)46(65)55-34(51(70)71)27-33-19-15-14-16-20-33)58(9)50(69)42(29(2)3)56-47(66)43(30(4)5)57(8)38(63)22-17-24-54-37(62)23-26-61-49(68)41(53)40(52)48(67)59(61)10/h14-16,19-20,29-32,34-36,42-45H,13,17-18,21-28H2,1-12H3,(H,54,62)(H,55,65)(H,56,66)(H,70,71)/t31-,32+,34-,35-,36+,42-,43-,44-,45+/m0/s1. The number of ether oxygens (including phenoxy) is 2. The minimum absolute atomic E-state index is 0.00491. The van der Waals surface area contributed by atoms with Gasteiger partial charge in [-0.15, -0.1) is 0 Å². The average Bonchev–Trinajstić information content (AvgIpc) is 3.84. The van der Waals surface area contributed by atoms with Crippen LogP contribution in [0.3, 0.4) is 0 Å². The molecule has 2 heterocycles. The summed E-state index contributed by atoms with van der Waals surface area (Å²) in [6, 6.07) is 4.76. The third-order valence-electron chi connectivity index (χ3n) is 14.0. The number of hydrogen-bond donors (Lipinski definition) is 4. The minimum Gasteiger partial charge on any atom is -0.480 e. The zero-order valence-corrected chi connectivity index (χ0v) is 47.6. The Balaban J connectivity index is 1.69. The Bertz CT molecular complexity index is 2350. The number of nitrogens with zero attached hydrogens (tertiary/aromatic N) is 5. The van der Waals surface area contributed by atoms with Gasteiger partial charge in [-0.25, -0.2) is 14.2 Å². The monoisotopic (exact) mass is 1150 g/mol. The smallest absolute Gasteiger partial charge is 0.326 e. The third-order valence-corrected chi connectivity index (χ3v) is 16.0. The number of methoxy groups -OCH3 is 2. The van der Waals surface area contributed by atoms with Crippen molar-refractivity contribution in [1.29, 1.82) is 0 Å². The van der Waals surface area contributed by atoms with Crippen LogP contribution in [0, 0.1) is 23.7 Å². The molecule has 2 aromatic rings. The maximum atomic E-state index is 14.6. The van der Waals surface area contributed by atoms with Gasteiger partial charge in [0.2, 0.25) is 35.4 Å². The second-order valence-electron chi connectivity index (χ2n) is 19.7. The Morgan fingerprint density at radius 3 is 2.04 bits per heavy atom. The van der Waals surface area contributed by atoms with Gasteiger partial charge in [-0.3, -0.25) is 38.4 Å². The van der Waals surface area contributed by atoms with Crippen molar-refractivity contribution in [3.63, 3.8) is 0 Å². The first-order valence-corrected chi connectivity index (χ1v) is 26.6. The van der Waals surface area contributed by atoms with E-state index < -0.39 is 83.1 Å². The Kier molecular flexibility index (Phi) is 25.0. The van der Waals surface area contributed by atoms with Crippen LogP contribution in [0.2, 0.25) is 0 Å². The molecule has 408 valence electrons. The number of carboxylic acids is 1. The Morgan fingerprint density at radius 1 is 0.849 bits per heavy atom. The predicted octanol–water partition coefficient (Wildman–Crippen LogP) is 3.71. The van der Waals surface area contributed by atoms with E-state index in [0.717, 1.165) is 14.9 Å². The highest BCUT2D eigenvalue weighted by atomic mass is 79.9. The fraction of sp³-hybridized carbons (Fsp3) is 0.667. The van der Waals surface area contributed by atoms with Crippen molar-refractivity contribution in [1.82, 2.24) is 40.0 Å². The van der Waals surface area contributed by atoms with Gasteiger partial charge in [-0.1, -0.05) is 85.2 Å². The van der Waals surface area contributed by atoms with Crippen molar-refractivity contribution < 1.29 is 48.1 Å². The molecule has 4 N–H and O–H groups in total. The van der Waals surface area contributed by atoms with E-state index in [2.05, 4.69) is 47.8 Å². The van der Waals surface area contributed by atoms with Gasteiger partial charge in [0.15, 0.2) is 0 Å². The maximum absolute atomic E-state index is 14.6. The summed E-state index contributed by atoms with van der Waals surface area (Å²) in [7, 11) is 7.54. The summed E-state index contributed by atoms with van der Waals surface area (Å²) in [6.07, 6.45) is 0.458. The average molecular weight is 1160 g/mol. The SMILES string of the molecule is CC[C@H](C)[C@@H]([C@@H](CC(=O)N1CCC[C@H]1[C@H](OC)[C@@H](C)C(=O)N[C@@H](Cc1ccccc1)C(=O)O)OC)N(C)C(=O)[C@@H](NC(=O)[C@H](C(C)C)N(C)C(=O)CCCNC(=O)CCn1c(=O)c(Br)c(Br)c(=O)n1C)C(C)C. The van der Waals surface area contributed by atoms with Crippen LogP contribution >= 0.6 is 31.9 Å². The number of carbonyl (C=O) groups is 7. The molecular weight excluding hydrogens is 1080 g/mol. The van der Waals surface area contributed by atoms with Crippen LogP contribution in [0.4, 0.5) is 0 Å². The molecule has 0 radical (unpaired) electrons. The van der Waals surface area contributed by atoms with Crippen LogP contribution in [0.1, 0.15) is 99.0 Å². The summed E-state index contributed by atoms with van der Waals surface area (Å²) in [5.74, 6) is -5.31. The molecule has 0 unspecified atom stereocenters. The molecule has 0 aliphatic carbocycles. The molecule has 0 spiro atoms. The van der Waals surface area contributed by atoms with E-state index in [1.165, 1.54) is 33.2 Å². The molecule has 1 fully saturated rings. The van der Waals surface area contributed by atoms with Gasteiger partial charge >= 0.3 is 5.97 Å². The van der Waals surface area contributed by atoms with Crippen LogP contribution in [0.25, 0.3) is 0 Å². The first-order chi connectivity index (χ1) is 34.3. The summed E-state index contributed by atoms with van der Waals surface area (Å²) in [6.45, 7) is 13.3. The number of amides is 6. The fourth-order valence-electron chi connectivity index (χ4n) is 9.59. The van der Waals surface area contributed by atoms with E-state index in [4.69, 9.17) is 9.47 Å². The van der Waals surface area contributed by atoms with Gasteiger partial charge in [0.05, 0.1) is 43.2 Å². The Labute approximate surface area is 445 Å². The van der Waals surface area contributed by atoms with Crippen molar-refractivity contribution >= 4 is 73.3 Å². The Hall–Kier alpha value is -4.93. The number of nitrogens with one attached hydrogen (secondary N) is 3. The first-order valence-electron chi connectivity index (χ1n) is 25.0. The van der Waals surface area contributed by atoms with Crippen LogP contribution in [-0.4, -0.2) is 154 Å². The summed E-state index contributed by atoms with van der Waals surface area (Å²) >= 11 is 6.20. The molecular formula is C51H78Br2N8O12. The van der Waals surface area contributed by atoms with Gasteiger partial charge in [0.25, 0.3) is 11.1 Å². The van der Waals surface area contributed by atoms with Gasteiger partial charge in [-0.05, 0) is 74.4 Å². The zero-order chi connectivity index (χ0) is 55.0. The number of likely N-dealkylation sites (tertiary alicyclic amines) is 1. The molecule has 73 heavy (non-hydrogen) atoms. The largest absolute Gasteiger partial charge is 0.480 e. The molecule has 1 aromatic heterocycles. The number of carbonyl (C=O) groups excluding carboxylic acids is 6. The van der Waals surface area contributed by atoms with Crippen molar-refractivity contribution in [2.45, 2.75) is 149 Å². The molecule has 20 nitrogen and oxygen atoms in total. The van der Waals surface area contributed by atoms with E-state index in [9.17, 15) is 48.3 Å². The van der Waals surface area contributed by atoms with E-state index >= 15 is 0 Å². The molecule has 1 aromatic carbocycles. The predicted molar refractivity (Wildman–Crippen MR) is 282 cm³/mol. The van der Waals surface area contributed by atoms with E-state index in [-0.39, 0.29) is 89.6 Å². The van der Waals surface area contributed by atoms with Gasteiger partial charge in [0.1, 0.15) is 27.1 Å². The zero-order valence-electron chi connectivity index (χ0n) is 44.4. The minimum atomic E-state index is -1.17. The molecule has 0 bridgehead atoms. The van der Waals surface area contributed by atoms with Crippen molar-refractivity contribution in [2.75, 3.05) is 41.4 Å². The van der Waals surface area contributed by atoms with Gasteiger partial charge in [0, 0.05) is 67.7 Å². The maximum Gasteiger partial charge on any atom is 0.326 e. The van der Waals surface area contributed by atoms with Crippen LogP contribution in [-0.2, 0) is 63.0 Å². The molecule has 6 amide bonds. The third kappa shape index (κ3) is 16.5. The van der Waals surface area contributed by atoms with E-state index in [1.807, 2.05) is 33.8 Å². The Morgan fingerprint density at radius 2 is 1.48 bits per heavy atom. The number of benzene rings is 1. The number of likely N-dealkylation sites (N-methyl/N-ethyl adjacent to an activating group) is 2. The van der Waals surface area contributed by atoms with Crippen LogP contribution < -0.4 is 27.1 Å². The number of rotatable bonds is 28. The van der Waals surface area contributed by atoms with Crippen LogP contribution in [0.15, 0.2) is 48.9 Å². The molecule has 9 atom stereocenters. The highest BCUT2D eigenvalue weighted by molar-refractivity contribution is 9.13. The molecule has 22 heteroatoms. The number of carboxylic acid groups (broad SMARTS) is 1. The second kappa shape index (κ2) is 29.2. The lowest BCUT2D eigenvalue weighted by Gasteiger charge is -2.41. The fourth-order valence-corrected chi connectivity index (χ4v) is 10.4. The normalized spacial score (nSPS) is 16.9. The lowest BCUT2D eigenvalue weighted by Crippen LogP contribution is -2.60. The molecule has 1 aliphatic rings. The topological polar surface area (TPSA) is 248 Å². The van der Waals surface area contributed by atoms with Crippen molar-refractivity contribution in [3.05, 3.63) is 65.5 Å². The van der Waals surface area contributed by atoms with Gasteiger partial charge in [-0.2, -0.15) is 0 Å². The number of halogens is 2. The lowest BCUT2D eigenvalue weighted by atomic mass is 9.89. The molecule has 3 rings (SSSR count). The van der Waals surface area contributed by atoms with Crippen molar-refractivity contribution in [3.8, 4) is 0 Å². The molecule has 1 saturated heterocycles. The molecule has 0 saturated carbocycles. The second-order valence-corrected chi connectivity index (χ2v) is 21.3. The highest BCUT2D eigenvalue weighted by Gasteiger charge is 2.44.